The van der Waals surface area contributed by atoms with Crippen LogP contribution in [0.2, 0.25) is 0 Å². The summed E-state index contributed by atoms with van der Waals surface area (Å²) in [5.41, 5.74) is 6.01. The molecule has 0 aliphatic heterocycles. The summed E-state index contributed by atoms with van der Waals surface area (Å²) in [4.78, 5) is 11.2. The Bertz CT molecular complexity index is 768. The van der Waals surface area contributed by atoms with Crippen LogP contribution >= 0.6 is 0 Å². The van der Waals surface area contributed by atoms with Gasteiger partial charge in [-0.1, -0.05) is 51.1 Å². The zero-order chi connectivity index (χ0) is 22.7. The number of hydrogen-bond donors (Lipinski definition) is 1. The van der Waals surface area contributed by atoms with Gasteiger partial charge in [0.05, 0.1) is 0 Å². The fourth-order valence-corrected chi connectivity index (χ4v) is 2.83. The number of aromatic hydroxyl groups is 1. The molecular formula is C26H38O3. The summed E-state index contributed by atoms with van der Waals surface area (Å²) in [6.45, 7) is 20.9. The van der Waals surface area contributed by atoms with E-state index in [0.717, 1.165) is 45.7 Å². The fraction of sp³-hybridized carbons (Fsp3) is 0.423. The fourth-order valence-electron chi connectivity index (χ4n) is 2.83. The second kappa shape index (κ2) is 12.8. The highest BCUT2D eigenvalue weighted by Crippen LogP contribution is 2.28. The number of allylic oxidation sites excluding steroid dienone is 1. The van der Waals surface area contributed by atoms with Crippen LogP contribution in [0.3, 0.4) is 0 Å². The number of phenolic OH excluding ortho intramolecular Hbond substituents is 1. The Hall–Kier alpha value is -2.55. The van der Waals surface area contributed by atoms with E-state index in [0.29, 0.717) is 11.5 Å². The van der Waals surface area contributed by atoms with Crippen LogP contribution in [0.4, 0.5) is 0 Å². The Morgan fingerprint density at radius 2 is 1.28 bits per heavy atom. The average molecular weight is 399 g/mol. The molecule has 0 fully saturated rings. The monoisotopic (exact) mass is 398 g/mol. The van der Waals surface area contributed by atoms with Gasteiger partial charge in [-0.25, -0.2) is 0 Å². The normalized spacial score (nSPS) is 9.72. The van der Waals surface area contributed by atoms with Crippen LogP contribution in [-0.4, -0.2) is 11.1 Å². The summed E-state index contributed by atoms with van der Waals surface area (Å²) in [6.07, 6.45) is 2.53. The molecule has 0 unspecified atom stereocenters. The minimum absolute atomic E-state index is 0.302. The molecule has 2 aromatic carbocycles. The summed E-state index contributed by atoms with van der Waals surface area (Å²) in [6, 6.07) is 8.10. The lowest BCUT2D eigenvalue weighted by Gasteiger charge is -2.13. The molecule has 0 aliphatic rings. The van der Waals surface area contributed by atoms with E-state index < -0.39 is 0 Å². The minimum atomic E-state index is -0.302. The van der Waals surface area contributed by atoms with Crippen molar-refractivity contribution in [3.05, 3.63) is 70.3 Å². The molecule has 29 heavy (non-hydrogen) atoms. The zero-order valence-electron chi connectivity index (χ0n) is 19.6. The van der Waals surface area contributed by atoms with Crippen LogP contribution in [0.25, 0.3) is 0 Å². The van der Waals surface area contributed by atoms with E-state index in [-0.39, 0.29) is 5.97 Å². The van der Waals surface area contributed by atoms with E-state index in [1.807, 2.05) is 58.9 Å². The van der Waals surface area contributed by atoms with Crippen molar-refractivity contribution < 1.29 is 14.6 Å². The summed E-state index contributed by atoms with van der Waals surface area (Å²) >= 11 is 0. The molecule has 0 atom stereocenters. The number of benzene rings is 2. The predicted molar refractivity (Wildman–Crippen MR) is 124 cm³/mol. The molecule has 2 rings (SSSR count). The third kappa shape index (κ3) is 9.98. The first-order valence-electron chi connectivity index (χ1n) is 10.1. The molecule has 0 amide bonds. The summed E-state index contributed by atoms with van der Waals surface area (Å²) < 4.78 is 5.26. The Balaban J connectivity index is 0.000000975. The van der Waals surface area contributed by atoms with Gasteiger partial charge in [-0.2, -0.15) is 0 Å². The molecule has 160 valence electrons. The molecule has 0 spiro atoms. The topological polar surface area (TPSA) is 46.5 Å². The second-order valence-corrected chi connectivity index (χ2v) is 8.05. The molecule has 3 nitrogen and oxygen atoms in total. The maximum atomic E-state index is 11.2. The number of phenols is 1. The van der Waals surface area contributed by atoms with Crippen LogP contribution in [0.15, 0.2) is 36.9 Å². The van der Waals surface area contributed by atoms with Gasteiger partial charge in [-0.15, -0.1) is 6.58 Å². The first kappa shape index (κ1) is 26.4. The molecule has 0 radical (unpaired) electrons. The molecular weight excluding hydrogens is 360 g/mol. The Kier molecular flexibility index (Phi) is 11.7. The molecule has 0 saturated carbocycles. The van der Waals surface area contributed by atoms with Gasteiger partial charge in [0.25, 0.3) is 0 Å². The third-order valence-electron chi connectivity index (χ3n) is 3.73. The number of carbonyl (C=O) groups is 1. The summed E-state index contributed by atoms with van der Waals surface area (Å²) in [5.74, 6) is 1.54. The number of rotatable bonds is 3. The zero-order valence-corrected chi connectivity index (χ0v) is 19.6. The predicted octanol–water partition coefficient (Wildman–Crippen LogP) is 7.00. The van der Waals surface area contributed by atoms with Gasteiger partial charge in [-0.05, 0) is 80.3 Å². The van der Waals surface area contributed by atoms with E-state index in [1.165, 1.54) is 6.92 Å². The standard InChI is InChI=1S/C19H22O3.C4H10.C3H6/c1-11-6-16(7-12(2)18(11)21)10-17-8-13(3)19(14(4)9-17)22-15(5)20;1-4(2)3;1-3-2/h6-9,21H,10H2,1-5H3;4H,1-3H3;3H,1H2,2H3. The first-order valence-corrected chi connectivity index (χ1v) is 10.1. The molecule has 0 saturated heterocycles. The maximum Gasteiger partial charge on any atom is 0.308 e. The van der Waals surface area contributed by atoms with E-state index in [1.54, 1.807) is 6.08 Å². The lowest BCUT2D eigenvalue weighted by atomic mass is 9.97. The van der Waals surface area contributed by atoms with Crippen molar-refractivity contribution in [2.45, 2.75) is 68.7 Å². The number of carbonyl (C=O) groups excluding carboxylic acids is 1. The van der Waals surface area contributed by atoms with Gasteiger partial charge in [0, 0.05) is 6.92 Å². The van der Waals surface area contributed by atoms with E-state index in [9.17, 15) is 9.90 Å². The van der Waals surface area contributed by atoms with Crippen molar-refractivity contribution >= 4 is 5.97 Å². The van der Waals surface area contributed by atoms with Crippen LogP contribution in [0, 0.1) is 33.6 Å². The molecule has 2 aromatic rings. The number of esters is 1. The molecule has 1 N–H and O–H groups in total. The summed E-state index contributed by atoms with van der Waals surface area (Å²) in [5, 5.41) is 9.86. The van der Waals surface area contributed by atoms with Gasteiger partial charge in [0.15, 0.2) is 0 Å². The van der Waals surface area contributed by atoms with Gasteiger partial charge in [0.1, 0.15) is 11.5 Å². The summed E-state index contributed by atoms with van der Waals surface area (Å²) in [7, 11) is 0. The first-order chi connectivity index (χ1) is 13.4. The van der Waals surface area contributed by atoms with Crippen molar-refractivity contribution in [1.82, 2.24) is 0 Å². The highest BCUT2D eigenvalue weighted by atomic mass is 16.5. The van der Waals surface area contributed by atoms with Crippen molar-refractivity contribution in [2.24, 2.45) is 5.92 Å². The Morgan fingerprint density at radius 1 is 0.966 bits per heavy atom. The van der Waals surface area contributed by atoms with Gasteiger partial charge in [0.2, 0.25) is 0 Å². The largest absolute Gasteiger partial charge is 0.507 e. The second-order valence-electron chi connectivity index (χ2n) is 8.05. The number of hydrogen-bond acceptors (Lipinski definition) is 3. The smallest absolute Gasteiger partial charge is 0.308 e. The highest BCUT2D eigenvalue weighted by molar-refractivity contribution is 5.70. The van der Waals surface area contributed by atoms with Crippen molar-refractivity contribution in [2.75, 3.05) is 0 Å². The molecule has 0 aliphatic carbocycles. The maximum absolute atomic E-state index is 11.2. The van der Waals surface area contributed by atoms with E-state index in [2.05, 4.69) is 27.4 Å². The average Bonchev–Trinajstić information content (AvgIpc) is 2.56. The lowest BCUT2D eigenvalue weighted by molar-refractivity contribution is -0.131. The van der Waals surface area contributed by atoms with Crippen LogP contribution in [-0.2, 0) is 11.2 Å². The number of ether oxygens (including phenoxy) is 1. The molecule has 3 heteroatoms. The Labute approximate surface area is 177 Å². The van der Waals surface area contributed by atoms with Crippen LogP contribution in [0.5, 0.6) is 11.5 Å². The van der Waals surface area contributed by atoms with Crippen LogP contribution < -0.4 is 4.74 Å². The molecule has 0 heterocycles. The minimum Gasteiger partial charge on any atom is -0.507 e. The van der Waals surface area contributed by atoms with Gasteiger partial charge in [-0.3, -0.25) is 4.79 Å². The van der Waals surface area contributed by atoms with Crippen molar-refractivity contribution in [3.63, 3.8) is 0 Å². The molecule has 0 bridgehead atoms. The molecule has 0 aromatic heterocycles. The third-order valence-corrected chi connectivity index (χ3v) is 3.73. The van der Waals surface area contributed by atoms with E-state index >= 15 is 0 Å². The van der Waals surface area contributed by atoms with Crippen molar-refractivity contribution in [3.8, 4) is 11.5 Å². The van der Waals surface area contributed by atoms with Gasteiger partial charge < -0.3 is 9.84 Å². The lowest BCUT2D eigenvalue weighted by Crippen LogP contribution is -2.05. The van der Waals surface area contributed by atoms with Crippen LogP contribution in [0.1, 0.15) is 68.0 Å². The number of aryl methyl sites for hydroxylation is 4. The quantitative estimate of drug-likeness (QED) is 0.344. The van der Waals surface area contributed by atoms with Gasteiger partial charge >= 0.3 is 5.97 Å². The Morgan fingerprint density at radius 3 is 1.59 bits per heavy atom. The van der Waals surface area contributed by atoms with Crippen molar-refractivity contribution in [1.29, 1.82) is 0 Å². The SMILES string of the molecule is C=CC.CC(=O)Oc1c(C)cc(Cc2cc(C)c(O)c(C)c2)cc1C.CC(C)C. The highest BCUT2D eigenvalue weighted by Gasteiger charge is 2.10. The van der Waals surface area contributed by atoms with E-state index in [4.69, 9.17) is 4.74 Å².